The molecule has 0 N–H and O–H groups in total. The fourth-order valence-corrected chi connectivity index (χ4v) is 2.37. The van der Waals surface area contributed by atoms with Gasteiger partial charge in [0, 0.05) is 0 Å². The number of carbonyl (C=O) groups excluding carboxylic acids is 1. The Morgan fingerprint density at radius 2 is 1.61 bits per heavy atom. The predicted octanol–water partition coefficient (Wildman–Crippen LogP) is 5.57. The molecule has 0 spiro atoms. The molecule has 0 bridgehead atoms. The molecule has 0 fully saturated rings. The van der Waals surface area contributed by atoms with E-state index in [2.05, 4.69) is 0 Å². The number of rotatable bonds is 7. The minimum absolute atomic E-state index is 0.196. The highest BCUT2D eigenvalue weighted by atomic mass is 19.1. The molecule has 0 heterocycles. The van der Waals surface area contributed by atoms with Gasteiger partial charge in [0.25, 0.3) is 0 Å². The maximum absolute atomic E-state index is 14.4. The van der Waals surface area contributed by atoms with Crippen LogP contribution in [0, 0.1) is 0 Å². The molecule has 1 unspecified atom stereocenters. The van der Waals surface area contributed by atoms with E-state index in [0.717, 1.165) is 24.0 Å². The number of esters is 1. The van der Waals surface area contributed by atoms with E-state index in [1.807, 2.05) is 49.4 Å². The molecular weight excluding hydrogens is 291 g/mol. The van der Waals surface area contributed by atoms with Crippen LogP contribution in [0.1, 0.15) is 39.5 Å². The van der Waals surface area contributed by atoms with Crippen LogP contribution in [0.4, 0.5) is 4.39 Å². The third-order valence-electron chi connectivity index (χ3n) is 3.85. The predicted molar refractivity (Wildman–Crippen MR) is 91.2 cm³/mol. The van der Waals surface area contributed by atoms with E-state index in [1.165, 1.54) is 6.92 Å². The molecule has 0 aliphatic rings. The summed E-state index contributed by atoms with van der Waals surface area (Å²) in [4.78, 5) is 12.0. The van der Waals surface area contributed by atoms with Gasteiger partial charge in [-0.05, 0) is 43.0 Å². The molecule has 0 aromatic heterocycles. The molecule has 3 heteroatoms. The summed E-state index contributed by atoms with van der Waals surface area (Å²) in [5, 5.41) is 0. The maximum Gasteiger partial charge on any atom is 0.348 e. The van der Waals surface area contributed by atoms with Gasteiger partial charge in [0.15, 0.2) is 0 Å². The van der Waals surface area contributed by atoms with Crippen molar-refractivity contribution in [3.8, 4) is 16.9 Å². The summed E-state index contributed by atoms with van der Waals surface area (Å²) in [5.74, 6) is -0.449. The number of ether oxygens (including phenoxy) is 1. The van der Waals surface area contributed by atoms with Crippen LogP contribution in [-0.2, 0) is 4.79 Å². The van der Waals surface area contributed by atoms with Gasteiger partial charge in [-0.15, -0.1) is 0 Å². The Morgan fingerprint density at radius 1 is 1.00 bits per heavy atom. The smallest absolute Gasteiger partial charge is 0.348 e. The van der Waals surface area contributed by atoms with Crippen molar-refractivity contribution in [3.05, 3.63) is 54.6 Å². The van der Waals surface area contributed by atoms with Gasteiger partial charge in [-0.2, -0.15) is 0 Å². The molecule has 0 aliphatic carbocycles. The van der Waals surface area contributed by atoms with Gasteiger partial charge in [0.1, 0.15) is 5.75 Å². The Bertz CT molecular complexity index is 618. The average Bonchev–Trinajstić information content (AvgIpc) is 2.56. The molecule has 0 radical (unpaired) electrons. The molecule has 2 aromatic carbocycles. The zero-order chi connectivity index (χ0) is 16.7. The minimum atomic E-state index is -1.94. The second-order valence-corrected chi connectivity index (χ2v) is 5.93. The third-order valence-corrected chi connectivity index (χ3v) is 3.85. The van der Waals surface area contributed by atoms with Gasteiger partial charge < -0.3 is 4.74 Å². The normalized spacial score (nSPS) is 13.3. The van der Waals surface area contributed by atoms with Crippen LogP contribution in [0.15, 0.2) is 54.6 Å². The van der Waals surface area contributed by atoms with E-state index in [-0.39, 0.29) is 6.42 Å². The van der Waals surface area contributed by atoms with Crippen molar-refractivity contribution in [2.75, 3.05) is 0 Å². The summed E-state index contributed by atoms with van der Waals surface area (Å²) >= 11 is 0. The largest absolute Gasteiger partial charge is 0.424 e. The standard InChI is InChI=1S/C20H23FO2/c1-3-4-8-15-20(2,21)19(22)23-18-13-11-17(12-14-18)16-9-6-5-7-10-16/h5-7,9-14H,3-4,8,15H2,1-2H3. The van der Waals surface area contributed by atoms with Gasteiger partial charge in [-0.3, -0.25) is 0 Å². The minimum Gasteiger partial charge on any atom is -0.424 e. The van der Waals surface area contributed by atoms with Crippen molar-refractivity contribution < 1.29 is 13.9 Å². The summed E-state index contributed by atoms with van der Waals surface area (Å²) in [6.07, 6.45) is 2.79. The van der Waals surface area contributed by atoms with E-state index in [0.29, 0.717) is 12.2 Å². The van der Waals surface area contributed by atoms with Gasteiger partial charge >= 0.3 is 5.97 Å². The Labute approximate surface area is 137 Å². The summed E-state index contributed by atoms with van der Waals surface area (Å²) < 4.78 is 19.5. The van der Waals surface area contributed by atoms with Gasteiger partial charge in [-0.1, -0.05) is 62.2 Å². The lowest BCUT2D eigenvalue weighted by molar-refractivity contribution is -0.147. The summed E-state index contributed by atoms with van der Waals surface area (Å²) in [7, 11) is 0. The van der Waals surface area contributed by atoms with Crippen molar-refractivity contribution in [2.24, 2.45) is 0 Å². The van der Waals surface area contributed by atoms with E-state index >= 15 is 0 Å². The van der Waals surface area contributed by atoms with Gasteiger partial charge in [-0.25, -0.2) is 9.18 Å². The molecule has 23 heavy (non-hydrogen) atoms. The number of alkyl halides is 1. The highest BCUT2D eigenvalue weighted by molar-refractivity contribution is 5.81. The first-order chi connectivity index (χ1) is 11.0. The monoisotopic (exact) mass is 314 g/mol. The molecule has 0 amide bonds. The van der Waals surface area contributed by atoms with E-state index in [1.54, 1.807) is 12.1 Å². The zero-order valence-corrected chi connectivity index (χ0v) is 13.7. The second kappa shape index (κ2) is 7.91. The van der Waals surface area contributed by atoms with Crippen LogP contribution in [0.3, 0.4) is 0 Å². The van der Waals surface area contributed by atoms with Crippen LogP contribution >= 0.6 is 0 Å². The highest BCUT2D eigenvalue weighted by Crippen LogP contribution is 2.25. The number of unbranched alkanes of at least 4 members (excludes halogenated alkanes) is 2. The molecule has 2 nitrogen and oxygen atoms in total. The Kier molecular flexibility index (Phi) is 5.91. The SMILES string of the molecule is CCCCCC(C)(F)C(=O)Oc1ccc(-c2ccccc2)cc1. The topological polar surface area (TPSA) is 26.3 Å². The van der Waals surface area contributed by atoms with Crippen LogP contribution in [-0.4, -0.2) is 11.6 Å². The van der Waals surface area contributed by atoms with Crippen molar-refractivity contribution in [1.29, 1.82) is 0 Å². The van der Waals surface area contributed by atoms with E-state index < -0.39 is 11.6 Å². The number of carbonyl (C=O) groups is 1. The van der Waals surface area contributed by atoms with Crippen molar-refractivity contribution >= 4 is 5.97 Å². The number of hydrogen-bond donors (Lipinski definition) is 0. The Balaban J connectivity index is 1.99. The Morgan fingerprint density at radius 3 is 2.22 bits per heavy atom. The van der Waals surface area contributed by atoms with Gasteiger partial charge in [0.2, 0.25) is 5.67 Å². The zero-order valence-electron chi connectivity index (χ0n) is 13.7. The first-order valence-electron chi connectivity index (χ1n) is 8.09. The highest BCUT2D eigenvalue weighted by Gasteiger charge is 2.34. The lowest BCUT2D eigenvalue weighted by atomic mass is 10.0. The van der Waals surface area contributed by atoms with E-state index in [9.17, 15) is 9.18 Å². The van der Waals surface area contributed by atoms with Crippen molar-refractivity contribution in [3.63, 3.8) is 0 Å². The van der Waals surface area contributed by atoms with Crippen LogP contribution in [0.2, 0.25) is 0 Å². The van der Waals surface area contributed by atoms with Crippen LogP contribution in [0.25, 0.3) is 11.1 Å². The summed E-state index contributed by atoms with van der Waals surface area (Å²) in [5.41, 5.74) is 0.171. The fourth-order valence-electron chi connectivity index (χ4n) is 2.37. The number of benzene rings is 2. The summed E-state index contributed by atoms with van der Waals surface area (Å²) in [6, 6.07) is 17.0. The molecule has 122 valence electrons. The summed E-state index contributed by atoms with van der Waals surface area (Å²) in [6.45, 7) is 3.34. The molecule has 2 rings (SSSR count). The van der Waals surface area contributed by atoms with Crippen LogP contribution < -0.4 is 4.74 Å². The van der Waals surface area contributed by atoms with E-state index in [4.69, 9.17) is 4.74 Å². The maximum atomic E-state index is 14.4. The quantitative estimate of drug-likeness (QED) is 0.379. The first-order valence-corrected chi connectivity index (χ1v) is 8.09. The number of halogens is 1. The molecule has 2 aromatic rings. The van der Waals surface area contributed by atoms with Crippen LogP contribution in [0.5, 0.6) is 5.75 Å². The molecule has 0 saturated carbocycles. The first kappa shape index (κ1) is 17.2. The average molecular weight is 314 g/mol. The second-order valence-electron chi connectivity index (χ2n) is 5.93. The lowest BCUT2D eigenvalue weighted by Gasteiger charge is -2.18. The molecular formula is C20H23FO2. The lowest BCUT2D eigenvalue weighted by Crippen LogP contribution is -2.34. The fraction of sp³-hybridized carbons (Fsp3) is 0.350. The molecule has 1 atom stereocenters. The molecule has 0 saturated heterocycles. The Hall–Kier alpha value is -2.16. The molecule has 0 aliphatic heterocycles. The van der Waals surface area contributed by atoms with Gasteiger partial charge in [0.05, 0.1) is 0 Å². The van der Waals surface area contributed by atoms with Crippen molar-refractivity contribution in [1.82, 2.24) is 0 Å². The van der Waals surface area contributed by atoms with Crippen molar-refractivity contribution in [2.45, 2.75) is 45.2 Å². The number of hydrogen-bond acceptors (Lipinski definition) is 2. The third kappa shape index (κ3) is 4.92.